The van der Waals surface area contributed by atoms with Gasteiger partial charge < -0.3 is 14.7 Å². The molecule has 2 aliphatic heterocycles. The lowest BCUT2D eigenvalue weighted by atomic mass is 9.87. The number of aliphatic carboxylic acids is 1. The number of rotatable bonds is 12. The number of aromatic nitrogens is 2. The fourth-order valence-electron chi connectivity index (χ4n) is 7.19. The van der Waals surface area contributed by atoms with E-state index >= 15 is 0 Å². The first-order valence-corrected chi connectivity index (χ1v) is 15.7. The zero-order valence-electron chi connectivity index (χ0n) is 25.7. The minimum absolute atomic E-state index is 0.0256. The van der Waals surface area contributed by atoms with Crippen molar-refractivity contribution < 1.29 is 27.8 Å². The van der Waals surface area contributed by atoms with Crippen LogP contribution >= 0.6 is 0 Å². The lowest BCUT2D eigenvalue weighted by Crippen LogP contribution is -2.44. The van der Waals surface area contributed by atoms with E-state index in [9.17, 15) is 23.1 Å². The number of likely N-dealkylation sites (tertiary alicyclic amines) is 2. The van der Waals surface area contributed by atoms with Gasteiger partial charge in [0.25, 0.3) is 0 Å². The van der Waals surface area contributed by atoms with Crippen LogP contribution in [0.4, 0.5) is 13.2 Å². The van der Waals surface area contributed by atoms with Gasteiger partial charge in [0, 0.05) is 50.1 Å². The average molecular weight is 613 g/mol. The molecule has 0 saturated carbocycles. The molecule has 3 aromatic rings. The van der Waals surface area contributed by atoms with Crippen LogP contribution in [0, 0.1) is 17.7 Å². The summed E-state index contributed by atoms with van der Waals surface area (Å²) in [5.41, 5.74) is 4.10. The van der Waals surface area contributed by atoms with Crippen molar-refractivity contribution in [1.29, 1.82) is 0 Å². The number of aryl methyl sites for hydroxylation is 1. The van der Waals surface area contributed by atoms with Crippen LogP contribution < -0.4 is 4.74 Å². The van der Waals surface area contributed by atoms with E-state index < -0.39 is 18.6 Å². The predicted octanol–water partition coefficient (Wildman–Crippen LogP) is 6.24. The van der Waals surface area contributed by atoms with Crippen LogP contribution in [0.2, 0.25) is 0 Å². The van der Waals surface area contributed by atoms with E-state index in [0.29, 0.717) is 25.4 Å². The Labute approximate surface area is 257 Å². The minimum atomic E-state index is -2.84. The van der Waals surface area contributed by atoms with Crippen LogP contribution in [0.15, 0.2) is 54.6 Å². The topological polar surface area (TPSA) is 70.8 Å². The van der Waals surface area contributed by atoms with Gasteiger partial charge in [0.05, 0.1) is 5.69 Å². The van der Waals surface area contributed by atoms with Crippen LogP contribution in [0.3, 0.4) is 0 Å². The molecular formula is C34H43F3N4O3. The summed E-state index contributed by atoms with van der Waals surface area (Å²) in [4.78, 5) is 16.7. The zero-order chi connectivity index (χ0) is 31.4. The molecule has 2 fully saturated rings. The number of ether oxygens (including phenoxy) is 1. The quantitative estimate of drug-likeness (QED) is 0.261. The van der Waals surface area contributed by atoms with E-state index in [-0.39, 0.29) is 29.3 Å². The number of nitrogens with zero attached hydrogens (tertiary/aromatic N) is 4. The van der Waals surface area contributed by atoms with E-state index in [1.165, 1.54) is 11.8 Å². The Kier molecular flexibility index (Phi) is 10.3. The SMILES string of the molecule is CCn1nc(Cc2ccc(OC(F)F)cc2)cc1C1CCN(C[C@H]2CN([C@@H](C(=O)O)C(C)C)C[C@@H]2c2cccc(F)c2)CC1. The highest BCUT2D eigenvalue weighted by Crippen LogP contribution is 2.37. The van der Waals surface area contributed by atoms with Crippen molar-refractivity contribution in [1.82, 2.24) is 19.6 Å². The van der Waals surface area contributed by atoms with Gasteiger partial charge >= 0.3 is 12.6 Å². The van der Waals surface area contributed by atoms with Crippen LogP contribution in [0.1, 0.15) is 68.0 Å². The second-order valence-electron chi connectivity index (χ2n) is 12.6. The van der Waals surface area contributed by atoms with Crippen LogP contribution in [-0.4, -0.2) is 76.0 Å². The van der Waals surface area contributed by atoms with Crippen molar-refractivity contribution in [2.24, 2.45) is 11.8 Å². The van der Waals surface area contributed by atoms with Crippen LogP contribution in [0.25, 0.3) is 0 Å². The Balaban J connectivity index is 1.23. The molecule has 1 aromatic heterocycles. The summed E-state index contributed by atoms with van der Waals surface area (Å²) in [5, 5.41) is 14.8. The molecule has 0 amide bonds. The molecule has 0 spiro atoms. The zero-order valence-corrected chi connectivity index (χ0v) is 25.7. The molecule has 0 bridgehead atoms. The molecule has 10 heteroatoms. The summed E-state index contributed by atoms with van der Waals surface area (Å²) in [6.07, 6.45) is 2.60. The molecule has 2 aliphatic rings. The maximum atomic E-state index is 14.2. The summed E-state index contributed by atoms with van der Waals surface area (Å²) in [6.45, 7) is 7.90. The van der Waals surface area contributed by atoms with Gasteiger partial charge in [-0.15, -0.1) is 0 Å². The number of carboxylic acids is 1. The Morgan fingerprint density at radius 3 is 2.41 bits per heavy atom. The van der Waals surface area contributed by atoms with Crippen LogP contribution in [-0.2, 0) is 17.8 Å². The number of benzene rings is 2. The molecule has 0 unspecified atom stereocenters. The van der Waals surface area contributed by atoms with E-state index in [2.05, 4.69) is 32.2 Å². The normalized spacial score (nSPS) is 20.9. The summed E-state index contributed by atoms with van der Waals surface area (Å²) in [6, 6.07) is 15.1. The van der Waals surface area contributed by atoms with E-state index in [4.69, 9.17) is 5.10 Å². The lowest BCUT2D eigenvalue weighted by Gasteiger charge is -2.35. The summed E-state index contributed by atoms with van der Waals surface area (Å²) < 4.78 is 45.7. The highest BCUT2D eigenvalue weighted by molar-refractivity contribution is 5.73. The van der Waals surface area contributed by atoms with Crippen molar-refractivity contribution in [3.8, 4) is 5.75 Å². The third-order valence-electron chi connectivity index (χ3n) is 9.22. The molecule has 3 heterocycles. The van der Waals surface area contributed by atoms with Crippen molar-refractivity contribution in [2.45, 2.75) is 71.1 Å². The van der Waals surface area contributed by atoms with Gasteiger partial charge in [-0.2, -0.15) is 13.9 Å². The number of piperidine rings is 1. The maximum absolute atomic E-state index is 14.2. The van der Waals surface area contributed by atoms with E-state index in [1.807, 2.05) is 19.9 Å². The molecule has 0 aliphatic carbocycles. The number of carboxylic acid groups (broad SMARTS) is 1. The second kappa shape index (κ2) is 14.2. The second-order valence-corrected chi connectivity index (χ2v) is 12.6. The van der Waals surface area contributed by atoms with Gasteiger partial charge in [-0.1, -0.05) is 38.1 Å². The molecule has 238 valence electrons. The molecular weight excluding hydrogens is 569 g/mol. The highest BCUT2D eigenvalue weighted by Gasteiger charge is 2.41. The fraction of sp³-hybridized carbons (Fsp3) is 0.529. The summed E-state index contributed by atoms with van der Waals surface area (Å²) >= 11 is 0. The maximum Gasteiger partial charge on any atom is 0.387 e. The van der Waals surface area contributed by atoms with Crippen molar-refractivity contribution in [3.63, 3.8) is 0 Å². The van der Waals surface area contributed by atoms with Gasteiger partial charge in [0.2, 0.25) is 0 Å². The van der Waals surface area contributed by atoms with Gasteiger partial charge in [-0.05, 0) is 86.1 Å². The molecule has 2 aromatic carbocycles. The number of carbonyl (C=O) groups is 1. The molecule has 1 N–H and O–H groups in total. The first-order valence-electron chi connectivity index (χ1n) is 15.7. The minimum Gasteiger partial charge on any atom is -0.480 e. The molecule has 7 nitrogen and oxygen atoms in total. The van der Waals surface area contributed by atoms with Gasteiger partial charge in [0.1, 0.15) is 17.6 Å². The Morgan fingerprint density at radius 1 is 1.07 bits per heavy atom. The first-order chi connectivity index (χ1) is 21.1. The Hall–Kier alpha value is -3.37. The number of alkyl halides is 2. The predicted molar refractivity (Wildman–Crippen MR) is 163 cm³/mol. The highest BCUT2D eigenvalue weighted by atomic mass is 19.3. The number of hydrogen-bond donors (Lipinski definition) is 1. The smallest absolute Gasteiger partial charge is 0.387 e. The van der Waals surface area contributed by atoms with Crippen LogP contribution in [0.5, 0.6) is 5.75 Å². The van der Waals surface area contributed by atoms with Crippen molar-refractivity contribution in [3.05, 3.63) is 82.9 Å². The fourth-order valence-corrected chi connectivity index (χ4v) is 7.19. The monoisotopic (exact) mass is 612 g/mol. The molecule has 2 saturated heterocycles. The van der Waals surface area contributed by atoms with E-state index in [0.717, 1.165) is 55.8 Å². The Morgan fingerprint density at radius 2 is 1.80 bits per heavy atom. The number of hydrogen-bond acceptors (Lipinski definition) is 5. The lowest BCUT2D eigenvalue weighted by molar-refractivity contribution is -0.144. The number of halogens is 3. The summed E-state index contributed by atoms with van der Waals surface area (Å²) in [5.74, 6) is -0.284. The molecule has 44 heavy (non-hydrogen) atoms. The third kappa shape index (κ3) is 7.64. The average Bonchev–Trinajstić information content (AvgIpc) is 3.58. The molecule has 5 rings (SSSR count). The van der Waals surface area contributed by atoms with Gasteiger partial charge in [-0.25, -0.2) is 4.39 Å². The first kappa shape index (κ1) is 32.0. The van der Waals surface area contributed by atoms with Crippen molar-refractivity contribution >= 4 is 5.97 Å². The third-order valence-corrected chi connectivity index (χ3v) is 9.22. The largest absolute Gasteiger partial charge is 0.480 e. The van der Waals surface area contributed by atoms with Gasteiger partial charge in [-0.3, -0.25) is 14.4 Å². The Bertz CT molecular complexity index is 1390. The standard InChI is InChI=1S/C34H43F3N4O3/c1-4-41-31(18-28(38-41)16-23-8-10-29(11-9-23)44-34(36)37)24-12-14-39(15-13-24)19-26-20-40(32(22(2)3)33(42)43)21-30(26)25-6-5-7-27(35)17-25/h5-11,17-18,22,24,26,30,32,34H,4,12-16,19-21H2,1-3H3,(H,42,43)/t26-,30+,32+/m0/s1. The molecule has 3 atom stereocenters. The summed E-state index contributed by atoms with van der Waals surface area (Å²) in [7, 11) is 0. The van der Waals surface area contributed by atoms with E-state index in [1.54, 1.807) is 36.4 Å². The molecule has 0 radical (unpaired) electrons. The van der Waals surface area contributed by atoms with Crippen molar-refractivity contribution in [2.75, 3.05) is 32.7 Å². The van der Waals surface area contributed by atoms with Gasteiger partial charge in [0.15, 0.2) is 0 Å².